The van der Waals surface area contributed by atoms with Crippen molar-refractivity contribution in [2.75, 3.05) is 24.5 Å². The van der Waals surface area contributed by atoms with Crippen molar-refractivity contribution in [2.45, 2.75) is 51.6 Å². The number of carbonyl (C=O) groups is 2. The number of rotatable bonds is 13. The molecule has 0 heterocycles. The summed E-state index contributed by atoms with van der Waals surface area (Å²) in [7, 11) is -2.73. The van der Waals surface area contributed by atoms with Gasteiger partial charge in [-0.1, -0.05) is 80.4 Å². The lowest BCUT2D eigenvalue weighted by atomic mass is 10.1. The van der Waals surface area contributed by atoms with E-state index in [2.05, 4.69) is 5.32 Å². The Labute approximate surface area is 248 Å². The van der Waals surface area contributed by atoms with Gasteiger partial charge in [0, 0.05) is 13.1 Å². The molecule has 3 aromatic carbocycles. The first-order chi connectivity index (χ1) is 19.5. The van der Waals surface area contributed by atoms with Gasteiger partial charge in [-0.3, -0.25) is 13.9 Å². The molecule has 1 N–H and O–H groups in total. The Kier molecular flexibility index (Phi) is 11.2. The molecule has 3 aromatic rings. The van der Waals surface area contributed by atoms with E-state index < -0.39 is 28.5 Å². The maximum absolute atomic E-state index is 14.1. The number of nitrogens with zero attached hydrogens (tertiary/aromatic N) is 2. The van der Waals surface area contributed by atoms with Crippen LogP contribution in [0.5, 0.6) is 5.75 Å². The Morgan fingerprint density at radius 3 is 2.29 bits per heavy atom. The number of hydrogen-bond acceptors (Lipinski definition) is 5. The van der Waals surface area contributed by atoms with Crippen molar-refractivity contribution in [1.29, 1.82) is 0 Å². The van der Waals surface area contributed by atoms with E-state index in [1.165, 1.54) is 36.3 Å². The number of ether oxygens (including phenoxy) is 1. The minimum absolute atomic E-state index is 0.0201. The molecule has 8 nitrogen and oxygen atoms in total. The van der Waals surface area contributed by atoms with Crippen LogP contribution in [0.15, 0.2) is 77.7 Å². The average Bonchev–Trinajstić information content (AvgIpc) is 2.94. The summed E-state index contributed by atoms with van der Waals surface area (Å²) >= 11 is 6.37. The number of anilines is 1. The van der Waals surface area contributed by atoms with Gasteiger partial charge in [0.15, 0.2) is 0 Å². The number of carbonyl (C=O) groups excluding carboxylic acids is 2. The van der Waals surface area contributed by atoms with Crippen molar-refractivity contribution in [3.05, 3.63) is 88.9 Å². The number of amides is 2. The molecular formula is C31H38ClN3O5S. The molecule has 0 radical (unpaired) electrons. The molecule has 0 aliphatic carbocycles. The van der Waals surface area contributed by atoms with Crippen molar-refractivity contribution in [3.63, 3.8) is 0 Å². The maximum atomic E-state index is 14.1. The molecule has 0 saturated heterocycles. The molecule has 0 aliphatic heterocycles. The molecule has 0 aromatic heterocycles. The van der Waals surface area contributed by atoms with Crippen LogP contribution in [0.1, 0.15) is 38.3 Å². The first-order valence-electron chi connectivity index (χ1n) is 13.5. The second-order valence-corrected chi connectivity index (χ2v) is 12.5. The molecule has 0 unspecified atom stereocenters. The summed E-state index contributed by atoms with van der Waals surface area (Å²) in [6.07, 6.45) is 0.348. The average molecular weight is 600 g/mol. The monoisotopic (exact) mass is 599 g/mol. The number of hydrogen-bond donors (Lipinski definition) is 1. The second kappa shape index (κ2) is 14.4. The lowest BCUT2D eigenvalue weighted by Crippen LogP contribution is -2.52. The highest BCUT2D eigenvalue weighted by molar-refractivity contribution is 7.92. The van der Waals surface area contributed by atoms with Gasteiger partial charge in [0.1, 0.15) is 18.3 Å². The Hall–Kier alpha value is -3.56. The summed E-state index contributed by atoms with van der Waals surface area (Å²) in [6, 6.07) is 19.3. The van der Waals surface area contributed by atoms with E-state index in [1.807, 2.05) is 52.0 Å². The maximum Gasteiger partial charge on any atom is 0.264 e. The molecule has 0 aliphatic rings. The molecule has 1 atom stereocenters. The molecule has 220 valence electrons. The van der Waals surface area contributed by atoms with Crippen molar-refractivity contribution in [3.8, 4) is 5.75 Å². The van der Waals surface area contributed by atoms with Crippen LogP contribution in [0.2, 0.25) is 5.02 Å². The molecule has 0 fully saturated rings. The van der Waals surface area contributed by atoms with E-state index >= 15 is 0 Å². The van der Waals surface area contributed by atoms with Crippen LogP contribution in [0, 0.1) is 12.8 Å². The third-order valence-electron chi connectivity index (χ3n) is 6.54. The van der Waals surface area contributed by atoms with Crippen LogP contribution >= 0.6 is 11.6 Å². The van der Waals surface area contributed by atoms with Crippen molar-refractivity contribution >= 4 is 39.1 Å². The zero-order valence-electron chi connectivity index (χ0n) is 24.1. The van der Waals surface area contributed by atoms with Crippen LogP contribution in [0.4, 0.5) is 5.69 Å². The van der Waals surface area contributed by atoms with Gasteiger partial charge >= 0.3 is 0 Å². The number of halogens is 1. The lowest BCUT2D eigenvalue weighted by Gasteiger charge is -2.33. The Bertz CT molecular complexity index is 1450. The number of nitrogens with one attached hydrogen (secondary N) is 1. The quantitative estimate of drug-likeness (QED) is 0.283. The molecule has 2 amide bonds. The van der Waals surface area contributed by atoms with E-state index in [0.717, 1.165) is 15.4 Å². The fourth-order valence-electron chi connectivity index (χ4n) is 4.41. The van der Waals surface area contributed by atoms with Gasteiger partial charge in [0.2, 0.25) is 11.8 Å². The molecule has 3 rings (SSSR count). The van der Waals surface area contributed by atoms with Crippen LogP contribution in [-0.4, -0.2) is 51.4 Å². The van der Waals surface area contributed by atoms with Gasteiger partial charge in [-0.2, -0.15) is 0 Å². The van der Waals surface area contributed by atoms with E-state index in [1.54, 1.807) is 24.3 Å². The standard InChI is InChI=1S/C31H38ClN3O5S/c1-6-28(31(37)33-19-22(2)3)34(20-24-12-10-11-23(4)17-24)30(36)21-35(25-15-16-29(40-5)27(32)18-25)41(38,39)26-13-8-7-9-14-26/h7-18,22,28H,6,19-21H2,1-5H3,(H,33,37)/t28-/m1/s1. The van der Waals surface area contributed by atoms with E-state index in [0.29, 0.717) is 18.7 Å². The zero-order valence-corrected chi connectivity index (χ0v) is 25.7. The third-order valence-corrected chi connectivity index (χ3v) is 8.62. The number of sulfonamides is 1. The molecule has 41 heavy (non-hydrogen) atoms. The molecule has 0 bridgehead atoms. The highest BCUT2D eigenvalue weighted by atomic mass is 35.5. The summed E-state index contributed by atoms with van der Waals surface area (Å²) < 4.78 is 34.1. The molecular weight excluding hydrogens is 562 g/mol. The Balaban J connectivity index is 2.07. The second-order valence-electron chi connectivity index (χ2n) is 10.2. The molecule has 10 heteroatoms. The topological polar surface area (TPSA) is 96.0 Å². The minimum atomic E-state index is -4.19. The fourth-order valence-corrected chi connectivity index (χ4v) is 6.09. The van der Waals surface area contributed by atoms with E-state index in [9.17, 15) is 18.0 Å². The van der Waals surface area contributed by atoms with Crippen molar-refractivity contribution in [2.24, 2.45) is 5.92 Å². The van der Waals surface area contributed by atoms with Crippen LogP contribution < -0.4 is 14.4 Å². The van der Waals surface area contributed by atoms with Gasteiger partial charge < -0.3 is 15.0 Å². The Morgan fingerprint density at radius 1 is 1.00 bits per heavy atom. The minimum Gasteiger partial charge on any atom is -0.495 e. The largest absolute Gasteiger partial charge is 0.495 e. The van der Waals surface area contributed by atoms with Gasteiger partial charge in [0.05, 0.1) is 22.7 Å². The normalized spacial score (nSPS) is 12.1. The number of aryl methyl sites for hydroxylation is 1. The summed E-state index contributed by atoms with van der Waals surface area (Å²) in [5.41, 5.74) is 2.03. The molecule has 0 spiro atoms. The number of methoxy groups -OCH3 is 1. The first-order valence-corrected chi connectivity index (χ1v) is 15.3. The highest BCUT2D eigenvalue weighted by Crippen LogP contribution is 2.32. The summed E-state index contributed by atoms with van der Waals surface area (Å²) in [5, 5.41) is 3.13. The van der Waals surface area contributed by atoms with Crippen molar-refractivity contribution in [1.82, 2.24) is 10.2 Å². The highest BCUT2D eigenvalue weighted by Gasteiger charge is 2.34. The van der Waals surface area contributed by atoms with E-state index in [-0.39, 0.29) is 34.0 Å². The Morgan fingerprint density at radius 2 is 1.71 bits per heavy atom. The smallest absolute Gasteiger partial charge is 0.264 e. The van der Waals surface area contributed by atoms with Crippen LogP contribution in [0.25, 0.3) is 0 Å². The third kappa shape index (κ3) is 8.24. The number of benzene rings is 3. The predicted octanol–water partition coefficient (Wildman–Crippen LogP) is 5.43. The van der Waals surface area contributed by atoms with E-state index in [4.69, 9.17) is 16.3 Å². The van der Waals surface area contributed by atoms with Gasteiger partial charge in [-0.15, -0.1) is 0 Å². The first kappa shape index (κ1) is 32.0. The summed E-state index contributed by atoms with van der Waals surface area (Å²) in [6.45, 7) is 7.81. The van der Waals surface area contributed by atoms with Crippen LogP contribution in [-0.2, 0) is 26.2 Å². The zero-order chi connectivity index (χ0) is 30.2. The van der Waals surface area contributed by atoms with Crippen LogP contribution in [0.3, 0.4) is 0 Å². The SMILES string of the molecule is CC[C@H](C(=O)NCC(C)C)N(Cc1cccc(C)c1)C(=O)CN(c1ccc(OC)c(Cl)c1)S(=O)(=O)c1ccccc1. The van der Waals surface area contributed by atoms with Gasteiger partial charge in [-0.05, 0) is 55.2 Å². The van der Waals surface area contributed by atoms with Gasteiger partial charge in [-0.25, -0.2) is 8.42 Å². The van der Waals surface area contributed by atoms with Gasteiger partial charge in [0.25, 0.3) is 10.0 Å². The predicted molar refractivity (Wildman–Crippen MR) is 163 cm³/mol. The lowest BCUT2D eigenvalue weighted by molar-refractivity contribution is -0.140. The summed E-state index contributed by atoms with van der Waals surface area (Å²) in [4.78, 5) is 28.9. The van der Waals surface area contributed by atoms with Crippen molar-refractivity contribution < 1.29 is 22.7 Å². The summed E-state index contributed by atoms with van der Waals surface area (Å²) in [5.74, 6) is -0.215. The fraction of sp³-hybridized carbons (Fsp3) is 0.355. The molecule has 0 saturated carbocycles.